The lowest BCUT2D eigenvalue weighted by atomic mass is 9.61. The number of nitrogens with two attached hydrogens (primary N) is 1. The number of hydrogen-bond acceptors (Lipinski definition) is 5. The molecule has 0 aromatic carbocycles. The van der Waals surface area contributed by atoms with Gasteiger partial charge < -0.3 is 20.1 Å². The van der Waals surface area contributed by atoms with Crippen LogP contribution in [0.1, 0.15) is 39.7 Å². The highest BCUT2D eigenvalue weighted by atomic mass is 19.4. The van der Waals surface area contributed by atoms with Crippen LogP contribution in [0.25, 0.3) is 0 Å². The fourth-order valence-corrected chi connectivity index (χ4v) is 3.44. The Morgan fingerprint density at radius 3 is 2.50 bits per heavy atom. The van der Waals surface area contributed by atoms with Crippen LogP contribution in [0.2, 0.25) is 0 Å². The molecule has 2 aliphatic rings. The average molecular weight is 376 g/mol. The molecule has 0 atom stereocenters. The van der Waals surface area contributed by atoms with E-state index >= 15 is 0 Å². The van der Waals surface area contributed by atoms with Crippen molar-refractivity contribution in [3.63, 3.8) is 0 Å². The monoisotopic (exact) mass is 376 g/mol. The highest BCUT2D eigenvalue weighted by molar-refractivity contribution is 5.69. The van der Waals surface area contributed by atoms with Crippen molar-refractivity contribution >= 4 is 11.8 Å². The quantitative estimate of drug-likeness (QED) is 0.877. The van der Waals surface area contributed by atoms with Gasteiger partial charge in [0.1, 0.15) is 11.3 Å². The summed E-state index contributed by atoms with van der Waals surface area (Å²) in [4.78, 5) is 13.6. The molecule has 26 heavy (non-hydrogen) atoms. The molecule has 3 rings (SSSR count). The molecule has 0 unspecified atom stereocenters. The number of rotatable bonds is 3. The molecular formula is C16H23F3N4O3. The highest BCUT2D eigenvalue weighted by Gasteiger charge is 2.55. The van der Waals surface area contributed by atoms with Gasteiger partial charge in [0, 0.05) is 18.5 Å². The molecule has 2 heterocycles. The predicted molar refractivity (Wildman–Crippen MR) is 86.7 cm³/mol. The number of carbonyl (C=O) groups is 1. The van der Waals surface area contributed by atoms with Crippen LogP contribution >= 0.6 is 0 Å². The zero-order valence-corrected chi connectivity index (χ0v) is 15.0. The van der Waals surface area contributed by atoms with Gasteiger partial charge in [-0.25, -0.2) is 4.79 Å². The topological polar surface area (TPSA) is 82.6 Å². The smallest absolute Gasteiger partial charge is 0.422 e. The van der Waals surface area contributed by atoms with E-state index < -0.39 is 18.4 Å². The van der Waals surface area contributed by atoms with Gasteiger partial charge in [0.2, 0.25) is 0 Å². The van der Waals surface area contributed by atoms with Crippen LogP contribution in [0.15, 0.2) is 6.20 Å². The largest absolute Gasteiger partial charge is 0.466 e. The first-order chi connectivity index (χ1) is 11.9. The van der Waals surface area contributed by atoms with Crippen LogP contribution in [-0.2, 0) is 4.74 Å². The average Bonchev–Trinajstić information content (AvgIpc) is 2.71. The summed E-state index contributed by atoms with van der Waals surface area (Å²) in [5.41, 5.74) is 5.27. The van der Waals surface area contributed by atoms with Gasteiger partial charge in [-0.3, -0.25) is 4.68 Å². The molecule has 146 valence electrons. The van der Waals surface area contributed by atoms with Gasteiger partial charge in [-0.2, -0.15) is 13.2 Å². The number of aromatic nitrogens is 2. The van der Waals surface area contributed by atoms with Gasteiger partial charge in [-0.15, -0.1) is 5.10 Å². The number of halogens is 3. The normalized spacial score (nSPS) is 19.8. The summed E-state index contributed by atoms with van der Waals surface area (Å²) in [5.74, 6) is -0.202. The second kappa shape index (κ2) is 5.95. The van der Waals surface area contributed by atoms with Crippen molar-refractivity contribution in [3.05, 3.63) is 6.20 Å². The molecule has 2 fully saturated rings. The number of nitrogens with zero attached hydrogens (tertiary/aromatic N) is 3. The maximum Gasteiger partial charge on any atom is 0.422 e. The maximum atomic E-state index is 12.2. The molecule has 1 saturated heterocycles. The lowest BCUT2D eigenvalue weighted by Crippen LogP contribution is -2.64. The third-order valence-electron chi connectivity index (χ3n) is 4.51. The Hall–Kier alpha value is -2.13. The zero-order valence-electron chi connectivity index (χ0n) is 15.0. The first-order valence-electron chi connectivity index (χ1n) is 8.38. The number of likely N-dealkylation sites (tertiary alicyclic amines) is 1. The summed E-state index contributed by atoms with van der Waals surface area (Å²) in [7, 11) is 0. The van der Waals surface area contributed by atoms with Crippen LogP contribution in [0.3, 0.4) is 0 Å². The van der Waals surface area contributed by atoms with E-state index in [9.17, 15) is 18.0 Å². The van der Waals surface area contributed by atoms with Crippen molar-refractivity contribution < 1.29 is 27.4 Å². The Bertz CT molecular complexity index is 682. The Balaban J connectivity index is 1.50. The fraction of sp³-hybridized carbons (Fsp3) is 0.750. The molecule has 1 aliphatic heterocycles. The van der Waals surface area contributed by atoms with E-state index in [0.29, 0.717) is 13.1 Å². The molecule has 1 aliphatic carbocycles. The predicted octanol–water partition coefficient (Wildman–Crippen LogP) is 2.98. The number of carbonyl (C=O) groups excluding carboxylic acids is 1. The van der Waals surface area contributed by atoms with Gasteiger partial charge >= 0.3 is 12.3 Å². The number of alkyl halides is 3. The number of anilines is 1. The maximum absolute atomic E-state index is 12.2. The molecule has 1 aromatic rings. The van der Waals surface area contributed by atoms with Crippen LogP contribution < -0.4 is 10.5 Å². The molecule has 0 radical (unpaired) electrons. The Labute approximate surface area is 149 Å². The van der Waals surface area contributed by atoms with Crippen molar-refractivity contribution in [2.75, 3.05) is 25.4 Å². The third-order valence-corrected chi connectivity index (χ3v) is 4.51. The van der Waals surface area contributed by atoms with Crippen molar-refractivity contribution in [1.29, 1.82) is 0 Å². The summed E-state index contributed by atoms with van der Waals surface area (Å²) in [5, 5.41) is 4.03. The molecule has 7 nitrogen and oxygen atoms in total. The van der Waals surface area contributed by atoms with E-state index in [-0.39, 0.29) is 29.1 Å². The van der Waals surface area contributed by atoms with Gasteiger partial charge in [-0.1, -0.05) is 0 Å². The lowest BCUT2D eigenvalue weighted by Gasteiger charge is -2.58. The van der Waals surface area contributed by atoms with Crippen molar-refractivity contribution in [3.8, 4) is 5.88 Å². The number of amides is 1. The zero-order chi connectivity index (χ0) is 19.3. The number of hydrogen-bond donors (Lipinski definition) is 1. The standard InChI is InChI=1S/C16H23F3N4O3/c1-14(2,3)26-13(24)22-7-15(8-22)4-10(5-15)23-6-11(20)12(21-23)25-9-16(17,18)19/h6,10H,4-5,7-9,20H2,1-3H3. The van der Waals surface area contributed by atoms with E-state index in [4.69, 9.17) is 10.5 Å². The van der Waals surface area contributed by atoms with Crippen LogP contribution in [0.5, 0.6) is 5.88 Å². The fourth-order valence-electron chi connectivity index (χ4n) is 3.44. The molecule has 1 amide bonds. The van der Waals surface area contributed by atoms with Crippen LogP contribution in [-0.4, -0.2) is 52.2 Å². The van der Waals surface area contributed by atoms with Crippen molar-refractivity contribution in [1.82, 2.24) is 14.7 Å². The Morgan fingerprint density at radius 2 is 1.96 bits per heavy atom. The minimum absolute atomic E-state index is 0.0370. The number of ether oxygens (including phenoxy) is 2. The van der Waals surface area contributed by atoms with E-state index in [1.54, 1.807) is 9.58 Å². The highest BCUT2D eigenvalue weighted by Crippen LogP contribution is 2.54. The minimum atomic E-state index is -4.44. The summed E-state index contributed by atoms with van der Waals surface area (Å²) in [6.45, 7) is 5.27. The first kappa shape index (κ1) is 18.7. The summed E-state index contributed by atoms with van der Waals surface area (Å²) >= 11 is 0. The Kier molecular flexibility index (Phi) is 4.27. The molecule has 2 N–H and O–H groups in total. The first-order valence-corrected chi connectivity index (χ1v) is 8.38. The molecule has 1 aromatic heterocycles. The van der Waals surface area contributed by atoms with E-state index in [1.807, 2.05) is 20.8 Å². The van der Waals surface area contributed by atoms with Gasteiger partial charge in [-0.05, 0) is 33.6 Å². The molecular weight excluding hydrogens is 353 g/mol. The van der Waals surface area contributed by atoms with Gasteiger partial charge in [0.15, 0.2) is 6.61 Å². The second-order valence-electron chi connectivity index (χ2n) is 8.17. The summed E-state index contributed by atoms with van der Waals surface area (Å²) < 4.78 is 48.2. The number of nitrogen functional groups attached to an aromatic ring is 1. The third kappa shape index (κ3) is 3.99. The molecule has 1 spiro atoms. The van der Waals surface area contributed by atoms with Crippen molar-refractivity contribution in [2.24, 2.45) is 5.41 Å². The molecule has 0 bridgehead atoms. The van der Waals surface area contributed by atoms with E-state index in [1.165, 1.54) is 6.20 Å². The van der Waals surface area contributed by atoms with Gasteiger partial charge in [0.25, 0.3) is 5.88 Å². The second-order valence-corrected chi connectivity index (χ2v) is 8.17. The molecule has 1 saturated carbocycles. The van der Waals surface area contributed by atoms with Crippen LogP contribution in [0.4, 0.5) is 23.7 Å². The molecule has 10 heteroatoms. The Morgan fingerprint density at radius 1 is 1.35 bits per heavy atom. The van der Waals surface area contributed by atoms with E-state index in [0.717, 1.165) is 12.8 Å². The van der Waals surface area contributed by atoms with E-state index in [2.05, 4.69) is 9.84 Å². The van der Waals surface area contributed by atoms with Crippen molar-refractivity contribution in [2.45, 2.75) is 51.4 Å². The van der Waals surface area contributed by atoms with Gasteiger partial charge in [0.05, 0.1) is 12.2 Å². The minimum Gasteiger partial charge on any atom is -0.466 e. The van der Waals surface area contributed by atoms with Crippen LogP contribution in [0, 0.1) is 5.41 Å². The lowest BCUT2D eigenvalue weighted by molar-refractivity contribution is -0.154. The summed E-state index contributed by atoms with van der Waals surface area (Å²) in [6, 6.07) is 0.0429. The SMILES string of the molecule is CC(C)(C)OC(=O)N1CC2(CC(n3cc(N)c(OCC(F)(F)F)n3)C2)C1. The summed E-state index contributed by atoms with van der Waals surface area (Å²) in [6.07, 6.45) is -1.70.